The third-order valence-electron chi connectivity index (χ3n) is 14.2. The Balaban J connectivity index is 1.15. The van der Waals surface area contributed by atoms with Gasteiger partial charge in [0.2, 0.25) is 0 Å². The van der Waals surface area contributed by atoms with E-state index in [0.29, 0.717) is 47.8 Å². The third-order valence-corrected chi connectivity index (χ3v) is 14.2. The summed E-state index contributed by atoms with van der Waals surface area (Å²) in [6, 6.07) is 0.710. The van der Waals surface area contributed by atoms with Gasteiger partial charge in [0.15, 0.2) is 0 Å². The van der Waals surface area contributed by atoms with Gasteiger partial charge in [0.1, 0.15) is 11.9 Å². The van der Waals surface area contributed by atoms with Gasteiger partial charge >= 0.3 is 0 Å². The van der Waals surface area contributed by atoms with Crippen LogP contribution < -0.4 is 0 Å². The fourth-order valence-corrected chi connectivity index (χ4v) is 11.7. The molecule has 9 aliphatic rings. The largest absolute Gasteiger partial charge is 0.490 e. The Bertz CT molecular complexity index is 1470. The van der Waals surface area contributed by atoms with Crippen molar-refractivity contribution in [2.75, 3.05) is 0 Å². The number of rotatable bonds is 3. The predicted molar refractivity (Wildman–Crippen MR) is 177 cm³/mol. The summed E-state index contributed by atoms with van der Waals surface area (Å²) in [5.74, 6) is 4.58. The Morgan fingerprint density at radius 2 is 1.70 bits per heavy atom. The molecule has 3 heteroatoms. The van der Waals surface area contributed by atoms with Gasteiger partial charge in [0, 0.05) is 35.4 Å². The average Bonchev–Trinajstić information content (AvgIpc) is 3.65. The van der Waals surface area contributed by atoms with Crippen molar-refractivity contribution >= 4 is 0 Å². The highest BCUT2D eigenvalue weighted by Gasteiger charge is 2.59. The summed E-state index contributed by atoms with van der Waals surface area (Å²) in [5.41, 5.74) is 5.13. The Hall–Kier alpha value is -2.52. The van der Waals surface area contributed by atoms with Crippen molar-refractivity contribution in [3.63, 3.8) is 0 Å². The molecule has 1 saturated carbocycles. The van der Waals surface area contributed by atoms with Crippen LogP contribution >= 0.6 is 0 Å². The minimum Gasteiger partial charge on any atom is -0.490 e. The van der Waals surface area contributed by atoms with E-state index in [0.717, 1.165) is 44.4 Å². The quantitative estimate of drug-likeness (QED) is 0.307. The fraction of sp³-hybridized carbons (Fsp3) is 0.610. The van der Waals surface area contributed by atoms with Gasteiger partial charge in [0.25, 0.3) is 0 Å². The number of hydrogen-bond acceptors (Lipinski definition) is 3. The van der Waals surface area contributed by atoms with E-state index in [1.165, 1.54) is 24.2 Å². The molecular weight excluding hydrogens is 538 g/mol. The van der Waals surface area contributed by atoms with E-state index in [1.807, 2.05) is 0 Å². The maximum Gasteiger partial charge on any atom is 0.125 e. The molecule has 0 bridgehead atoms. The first-order valence-electron chi connectivity index (χ1n) is 18.0. The zero-order valence-electron chi connectivity index (χ0n) is 27.2. The summed E-state index contributed by atoms with van der Waals surface area (Å²) in [5, 5.41) is 0. The van der Waals surface area contributed by atoms with E-state index in [4.69, 9.17) is 9.47 Å². The van der Waals surface area contributed by atoms with Gasteiger partial charge in [-0.3, -0.25) is 0 Å². The lowest BCUT2D eigenvalue weighted by Gasteiger charge is -2.54. The molecular formula is C41H51NO2. The van der Waals surface area contributed by atoms with Crippen molar-refractivity contribution in [3.05, 3.63) is 95.5 Å². The zero-order valence-corrected chi connectivity index (χ0v) is 27.2. The molecule has 2 fully saturated rings. The lowest BCUT2D eigenvalue weighted by atomic mass is 9.59. The van der Waals surface area contributed by atoms with Crippen LogP contribution in [0, 0.1) is 46.3 Å². The molecule has 44 heavy (non-hydrogen) atoms. The lowest BCUT2D eigenvalue weighted by Crippen LogP contribution is -2.57. The summed E-state index contributed by atoms with van der Waals surface area (Å²) in [4.78, 5) is 2.95. The predicted octanol–water partition coefficient (Wildman–Crippen LogP) is 9.00. The second kappa shape index (κ2) is 9.99. The van der Waals surface area contributed by atoms with Crippen LogP contribution in [-0.2, 0) is 9.47 Å². The number of hydrogen-bond donors (Lipinski definition) is 0. The molecule has 2 heterocycles. The van der Waals surface area contributed by atoms with Gasteiger partial charge in [-0.1, -0.05) is 94.0 Å². The molecule has 0 N–H and O–H groups in total. The second-order valence-electron chi connectivity index (χ2n) is 16.3. The van der Waals surface area contributed by atoms with Crippen LogP contribution in [-0.4, -0.2) is 35.3 Å². The van der Waals surface area contributed by atoms with Crippen molar-refractivity contribution in [1.82, 2.24) is 4.90 Å². The number of allylic oxidation sites excluding steroid dienone is 10. The van der Waals surface area contributed by atoms with Crippen LogP contribution in [0.5, 0.6) is 0 Å². The van der Waals surface area contributed by atoms with Crippen molar-refractivity contribution in [2.24, 2.45) is 46.3 Å². The first-order valence-corrected chi connectivity index (χ1v) is 18.0. The molecule has 0 aromatic heterocycles. The second-order valence-corrected chi connectivity index (χ2v) is 16.3. The van der Waals surface area contributed by atoms with Gasteiger partial charge in [-0.2, -0.15) is 0 Å². The van der Waals surface area contributed by atoms with Crippen LogP contribution in [0.25, 0.3) is 0 Å². The third kappa shape index (κ3) is 3.77. The van der Waals surface area contributed by atoms with E-state index in [1.54, 1.807) is 11.3 Å². The molecule has 0 spiro atoms. The minimum atomic E-state index is 0.0904. The van der Waals surface area contributed by atoms with Gasteiger partial charge in [-0.25, -0.2) is 0 Å². The van der Waals surface area contributed by atoms with Crippen molar-refractivity contribution in [1.29, 1.82) is 0 Å². The molecule has 0 aromatic carbocycles. The van der Waals surface area contributed by atoms with Gasteiger partial charge in [-0.05, 0) is 91.8 Å². The Morgan fingerprint density at radius 1 is 0.864 bits per heavy atom. The molecule has 0 aromatic rings. The summed E-state index contributed by atoms with van der Waals surface area (Å²) in [6.07, 6.45) is 39.7. The molecule has 2 aliphatic heterocycles. The molecule has 1 saturated heterocycles. The zero-order chi connectivity index (χ0) is 29.8. The highest BCUT2D eigenvalue weighted by Crippen LogP contribution is 2.62. The monoisotopic (exact) mass is 589 g/mol. The van der Waals surface area contributed by atoms with E-state index in [2.05, 4.69) is 106 Å². The standard InChI is InChI=1S/C41H51NO2/c1-25-33(22-23-38-41(25,4)31-15-8-10-18-36(31)44-38)42(34-16-11-19-37-39(34)29-13-6-9-17-35(29)43-37)26-20-21-28-27-12-5-7-14-30(27)40(2,3)32(28)24-26/h6-8,11,13-15,19-23,25,27,30-34,36-39H,5,9-10,12,16-18,24H2,1-4H3. The molecule has 7 aliphatic carbocycles. The lowest BCUT2D eigenvalue weighted by molar-refractivity contribution is -0.00862. The van der Waals surface area contributed by atoms with Crippen molar-refractivity contribution in [3.8, 4) is 0 Å². The highest BCUT2D eigenvalue weighted by molar-refractivity contribution is 5.41. The number of nitrogens with zero attached hydrogens (tertiary/aromatic N) is 1. The normalized spacial score (nSPS) is 47.1. The smallest absolute Gasteiger partial charge is 0.125 e. The van der Waals surface area contributed by atoms with Crippen LogP contribution in [0.3, 0.4) is 0 Å². The Morgan fingerprint density at radius 3 is 2.59 bits per heavy atom. The van der Waals surface area contributed by atoms with Crippen LogP contribution in [0.1, 0.15) is 79.1 Å². The van der Waals surface area contributed by atoms with E-state index < -0.39 is 0 Å². The van der Waals surface area contributed by atoms with Gasteiger partial charge < -0.3 is 14.4 Å². The summed E-state index contributed by atoms with van der Waals surface area (Å²) >= 11 is 0. The molecule has 0 radical (unpaired) electrons. The van der Waals surface area contributed by atoms with Gasteiger partial charge in [0.05, 0.1) is 18.2 Å². The van der Waals surface area contributed by atoms with E-state index in [-0.39, 0.29) is 23.0 Å². The molecule has 3 nitrogen and oxygen atoms in total. The maximum atomic E-state index is 6.81. The summed E-state index contributed by atoms with van der Waals surface area (Å²) in [7, 11) is 0. The number of fused-ring (bicyclic) bond motifs is 8. The van der Waals surface area contributed by atoms with Crippen molar-refractivity contribution < 1.29 is 9.47 Å². The molecule has 0 amide bonds. The first kappa shape index (κ1) is 27.8. The van der Waals surface area contributed by atoms with Gasteiger partial charge in [-0.15, -0.1) is 0 Å². The SMILES string of the molecule is CC1C(N(C2=CC=C3C4CCC=CC4C(C)(C)C3C2)C2CC=CC3OC4=C(C=CCC4)C32)C=CC2OC3CCC=CC3C21C. The van der Waals surface area contributed by atoms with E-state index in [9.17, 15) is 0 Å². The van der Waals surface area contributed by atoms with Crippen LogP contribution in [0.2, 0.25) is 0 Å². The molecule has 9 rings (SSSR count). The molecule has 12 atom stereocenters. The number of ether oxygens (including phenoxy) is 2. The van der Waals surface area contributed by atoms with Crippen LogP contribution in [0.15, 0.2) is 95.5 Å². The Kier molecular flexibility index (Phi) is 6.30. The Labute approximate surface area is 265 Å². The molecule has 12 unspecified atom stereocenters. The summed E-state index contributed by atoms with van der Waals surface area (Å²) < 4.78 is 13.5. The van der Waals surface area contributed by atoms with Crippen LogP contribution in [0.4, 0.5) is 0 Å². The average molecular weight is 590 g/mol. The summed E-state index contributed by atoms with van der Waals surface area (Å²) in [6.45, 7) is 10.2. The highest BCUT2D eigenvalue weighted by atomic mass is 16.5. The minimum absolute atomic E-state index is 0.0904. The maximum absolute atomic E-state index is 6.81. The first-order chi connectivity index (χ1) is 21.4. The molecule has 232 valence electrons. The fourth-order valence-electron chi connectivity index (χ4n) is 11.7. The van der Waals surface area contributed by atoms with Crippen molar-refractivity contribution in [2.45, 2.75) is 109 Å². The van der Waals surface area contributed by atoms with E-state index >= 15 is 0 Å². The topological polar surface area (TPSA) is 21.7 Å².